The van der Waals surface area contributed by atoms with Gasteiger partial charge < -0.3 is 5.32 Å². The van der Waals surface area contributed by atoms with Crippen molar-refractivity contribution >= 4 is 0 Å². The molecule has 2 atom stereocenters. The lowest BCUT2D eigenvalue weighted by atomic mass is 9.81. The number of hydrogen-bond acceptors (Lipinski definition) is 2. The maximum atomic E-state index is 3.38. The van der Waals surface area contributed by atoms with Gasteiger partial charge in [0, 0.05) is 6.04 Å². The summed E-state index contributed by atoms with van der Waals surface area (Å²) in [6.07, 6.45) is 2.66. The van der Waals surface area contributed by atoms with E-state index in [2.05, 4.69) is 57.2 Å². The van der Waals surface area contributed by atoms with E-state index in [0.29, 0.717) is 6.04 Å². The molecule has 0 aliphatic carbocycles. The summed E-state index contributed by atoms with van der Waals surface area (Å²) in [5.74, 6) is 0.726. The Morgan fingerprint density at radius 3 is 2.42 bits per heavy atom. The molecular formula is C17H28N2. The Morgan fingerprint density at radius 1 is 1.21 bits per heavy atom. The minimum Gasteiger partial charge on any atom is -0.319 e. The average Bonchev–Trinajstić information content (AvgIpc) is 2.31. The summed E-state index contributed by atoms with van der Waals surface area (Å²) in [7, 11) is 4.35. The monoisotopic (exact) mass is 260 g/mol. The second-order valence-electron chi connectivity index (χ2n) is 6.20. The quantitative estimate of drug-likeness (QED) is 0.897. The maximum Gasteiger partial charge on any atom is 0.0390 e. The van der Waals surface area contributed by atoms with Crippen molar-refractivity contribution in [3.63, 3.8) is 0 Å². The van der Waals surface area contributed by atoms with Crippen LogP contribution in [0.3, 0.4) is 0 Å². The molecule has 0 aromatic heterocycles. The molecule has 0 spiro atoms. The zero-order valence-electron chi connectivity index (χ0n) is 13.1. The van der Waals surface area contributed by atoms with Crippen LogP contribution in [0.4, 0.5) is 0 Å². The van der Waals surface area contributed by atoms with E-state index in [9.17, 15) is 0 Å². The SMILES string of the molecule is CNCC1CCCN(C)C1c1c(C)cc(C)cc1C. The van der Waals surface area contributed by atoms with Crippen molar-refractivity contribution in [2.24, 2.45) is 5.92 Å². The number of hydrogen-bond donors (Lipinski definition) is 1. The third-order valence-corrected chi connectivity index (χ3v) is 4.51. The number of rotatable bonds is 3. The van der Waals surface area contributed by atoms with Gasteiger partial charge in [-0.2, -0.15) is 0 Å². The Bertz CT molecular complexity index is 414. The smallest absolute Gasteiger partial charge is 0.0390 e. The molecule has 2 unspecified atom stereocenters. The van der Waals surface area contributed by atoms with E-state index in [1.165, 1.54) is 36.1 Å². The predicted octanol–water partition coefficient (Wildman–Crippen LogP) is 3.21. The summed E-state index contributed by atoms with van der Waals surface area (Å²) in [6.45, 7) is 9.07. The molecule has 106 valence electrons. The topological polar surface area (TPSA) is 15.3 Å². The second kappa shape index (κ2) is 6.06. The third kappa shape index (κ3) is 3.01. The minimum absolute atomic E-state index is 0.571. The highest BCUT2D eigenvalue weighted by Gasteiger charge is 2.31. The summed E-state index contributed by atoms with van der Waals surface area (Å²) in [5.41, 5.74) is 5.85. The molecule has 0 saturated carbocycles. The number of nitrogens with one attached hydrogen (secondary N) is 1. The number of piperidine rings is 1. The molecule has 2 heteroatoms. The van der Waals surface area contributed by atoms with Crippen molar-refractivity contribution < 1.29 is 0 Å². The zero-order chi connectivity index (χ0) is 14.0. The van der Waals surface area contributed by atoms with Crippen LogP contribution in [0.1, 0.15) is 41.1 Å². The fraction of sp³-hybridized carbons (Fsp3) is 0.647. The van der Waals surface area contributed by atoms with Gasteiger partial charge in [-0.05, 0) is 83.4 Å². The fourth-order valence-corrected chi connectivity index (χ4v) is 3.85. The van der Waals surface area contributed by atoms with Gasteiger partial charge in [-0.1, -0.05) is 17.7 Å². The van der Waals surface area contributed by atoms with Gasteiger partial charge in [-0.3, -0.25) is 4.90 Å². The predicted molar refractivity (Wildman–Crippen MR) is 82.7 cm³/mol. The summed E-state index contributed by atoms with van der Waals surface area (Å²) < 4.78 is 0. The van der Waals surface area contributed by atoms with Gasteiger partial charge in [0.25, 0.3) is 0 Å². The molecular weight excluding hydrogens is 232 g/mol. The van der Waals surface area contributed by atoms with E-state index < -0.39 is 0 Å². The summed E-state index contributed by atoms with van der Waals surface area (Å²) >= 11 is 0. The highest BCUT2D eigenvalue weighted by atomic mass is 15.1. The van der Waals surface area contributed by atoms with E-state index in [1.807, 2.05) is 0 Å². The van der Waals surface area contributed by atoms with Crippen LogP contribution in [0.2, 0.25) is 0 Å². The molecule has 1 fully saturated rings. The third-order valence-electron chi connectivity index (χ3n) is 4.51. The number of nitrogens with zero attached hydrogens (tertiary/aromatic N) is 1. The van der Waals surface area contributed by atoms with Gasteiger partial charge in [0.1, 0.15) is 0 Å². The first-order chi connectivity index (χ1) is 9.04. The van der Waals surface area contributed by atoms with Gasteiger partial charge in [-0.25, -0.2) is 0 Å². The molecule has 1 heterocycles. The van der Waals surface area contributed by atoms with Crippen LogP contribution in [0.15, 0.2) is 12.1 Å². The lowest BCUT2D eigenvalue weighted by Crippen LogP contribution is -2.40. The van der Waals surface area contributed by atoms with Crippen LogP contribution in [0.5, 0.6) is 0 Å². The lowest BCUT2D eigenvalue weighted by Gasteiger charge is -2.41. The van der Waals surface area contributed by atoms with Crippen molar-refractivity contribution in [1.29, 1.82) is 0 Å². The van der Waals surface area contributed by atoms with Crippen molar-refractivity contribution in [2.75, 3.05) is 27.2 Å². The molecule has 0 radical (unpaired) electrons. The molecule has 2 rings (SSSR count). The van der Waals surface area contributed by atoms with Crippen LogP contribution in [-0.4, -0.2) is 32.1 Å². The second-order valence-corrected chi connectivity index (χ2v) is 6.20. The first kappa shape index (κ1) is 14.5. The standard InChI is InChI=1S/C17H28N2/c1-12-9-13(2)16(14(3)10-12)17-15(11-18-4)7-6-8-19(17)5/h9-10,15,17-18H,6-8,11H2,1-5H3. The Hall–Kier alpha value is -0.860. The van der Waals surface area contributed by atoms with Crippen LogP contribution in [0.25, 0.3) is 0 Å². The van der Waals surface area contributed by atoms with Gasteiger partial charge in [0.05, 0.1) is 0 Å². The molecule has 2 nitrogen and oxygen atoms in total. The number of aryl methyl sites for hydroxylation is 3. The van der Waals surface area contributed by atoms with Gasteiger partial charge in [0.2, 0.25) is 0 Å². The van der Waals surface area contributed by atoms with Crippen molar-refractivity contribution in [3.8, 4) is 0 Å². The zero-order valence-corrected chi connectivity index (χ0v) is 13.1. The van der Waals surface area contributed by atoms with Crippen molar-refractivity contribution in [2.45, 2.75) is 39.7 Å². The van der Waals surface area contributed by atoms with E-state index in [0.717, 1.165) is 12.5 Å². The van der Waals surface area contributed by atoms with Crippen molar-refractivity contribution in [3.05, 3.63) is 34.4 Å². The molecule has 19 heavy (non-hydrogen) atoms. The van der Waals surface area contributed by atoms with Crippen LogP contribution >= 0.6 is 0 Å². The molecule has 0 amide bonds. The molecule has 1 N–H and O–H groups in total. The highest BCUT2D eigenvalue weighted by Crippen LogP contribution is 2.38. The maximum absolute atomic E-state index is 3.38. The summed E-state index contributed by atoms with van der Waals surface area (Å²) in [4.78, 5) is 2.55. The van der Waals surface area contributed by atoms with E-state index >= 15 is 0 Å². The summed E-state index contributed by atoms with van der Waals surface area (Å²) in [6, 6.07) is 5.24. The highest BCUT2D eigenvalue weighted by molar-refractivity contribution is 5.40. The Labute approximate surface area is 118 Å². The first-order valence-electron chi connectivity index (χ1n) is 7.47. The minimum atomic E-state index is 0.571. The van der Waals surface area contributed by atoms with Crippen LogP contribution in [-0.2, 0) is 0 Å². The number of likely N-dealkylation sites (tertiary alicyclic amines) is 1. The normalized spacial score (nSPS) is 24.7. The fourth-order valence-electron chi connectivity index (χ4n) is 3.85. The molecule has 1 aliphatic rings. The average molecular weight is 260 g/mol. The van der Waals surface area contributed by atoms with Gasteiger partial charge >= 0.3 is 0 Å². The first-order valence-corrected chi connectivity index (χ1v) is 7.47. The number of benzene rings is 1. The lowest BCUT2D eigenvalue weighted by molar-refractivity contribution is 0.120. The Balaban J connectivity index is 2.41. The Kier molecular flexibility index (Phi) is 4.64. The van der Waals surface area contributed by atoms with E-state index in [4.69, 9.17) is 0 Å². The summed E-state index contributed by atoms with van der Waals surface area (Å²) in [5, 5.41) is 3.38. The molecule has 1 aliphatic heterocycles. The molecule has 1 saturated heterocycles. The molecule has 1 aromatic rings. The van der Waals surface area contributed by atoms with Crippen LogP contribution < -0.4 is 5.32 Å². The van der Waals surface area contributed by atoms with Crippen molar-refractivity contribution in [1.82, 2.24) is 10.2 Å². The van der Waals surface area contributed by atoms with Gasteiger partial charge in [0.15, 0.2) is 0 Å². The molecule has 0 bridgehead atoms. The van der Waals surface area contributed by atoms with Crippen LogP contribution in [0, 0.1) is 26.7 Å². The Morgan fingerprint density at radius 2 is 1.84 bits per heavy atom. The van der Waals surface area contributed by atoms with Gasteiger partial charge in [-0.15, -0.1) is 0 Å². The van der Waals surface area contributed by atoms with E-state index in [1.54, 1.807) is 5.56 Å². The van der Waals surface area contributed by atoms with E-state index in [-0.39, 0.29) is 0 Å². The largest absolute Gasteiger partial charge is 0.319 e. The molecule has 1 aromatic carbocycles.